The van der Waals surface area contributed by atoms with Crippen molar-refractivity contribution in [3.05, 3.63) is 64.7 Å². The summed E-state index contributed by atoms with van der Waals surface area (Å²) < 4.78 is 0. The zero-order valence-corrected chi connectivity index (χ0v) is 13.0. The maximum Gasteiger partial charge on any atom is 0.337 e. The SMILES string of the molecule is O=C(O)c1cc(Cl)ccc1N1CCC(c2ccccc2)CC1. The molecule has 0 saturated carbocycles. The van der Waals surface area contributed by atoms with Crippen LogP contribution >= 0.6 is 11.6 Å². The molecule has 3 rings (SSSR count). The van der Waals surface area contributed by atoms with Gasteiger partial charge in [0.2, 0.25) is 0 Å². The smallest absolute Gasteiger partial charge is 0.337 e. The van der Waals surface area contributed by atoms with Crippen molar-refractivity contribution in [1.29, 1.82) is 0 Å². The lowest BCUT2D eigenvalue weighted by molar-refractivity contribution is 0.0697. The lowest BCUT2D eigenvalue weighted by atomic mass is 9.89. The molecule has 0 aromatic heterocycles. The Labute approximate surface area is 135 Å². The van der Waals surface area contributed by atoms with E-state index in [9.17, 15) is 9.90 Å². The Morgan fingerprint density at radius 3 is 2.41 bits per heavy atom. The van der Waals surface area contributed by atoms with Gasteiger partial charge in [-0.15, -0.1) is 0 Å². The molecule has 114 valence electrons. The quantitative estimate of drug-likeness (QED) is 0.911. The largest absolute Gasteiger partial charge is 0.478 e. The lowest BCUT2D eigenvalue weighted by Gasteiger charge is -2.34. The highest BCUT2D eigenvalue weighted by Gasteiger charge is 2.23. The molecule has 0 amide bonds. The molecule has 0 atom stereocenters. The number of nitrogens with zero attached hydrogens (tertiary/aromatic N) is 1. The maximum absolute atomic E-state index is 11.4. The summed E-state index contributed by atoms with van der Waals surface area (Å²) in [6.07, 6.45) is 2.07. The van der Waals surface area contributed by atoms with Crippen molar-refractivity contribution in [3.63, 3.8) is 0 Å². The summed E-state index contributed by atoms with van der Waals surface area (Å²) in [6, 6.07) is 15.6. The van der Waals surface area contributed by atoms with Crippen molar-refractivity contribution in [2.24, 2.45) is 0 Å². The Morgan fingerprint density at radius 1 is 1.09 bits per heavy atom. The average Bonchev–Trinajstić information content (AvgIpc) is 2.56. The van der Waals surface area contributed by atoms with Crippen LogP contribution in [-0.4, -0.2) is 24.2 Å². The molecule has 2 aromatic rings. The Morgan fingerprint density at radius 2 is 1.77 bits per heavy atom. The number of carboxylic acid groups (broad SMARTS) is 1. The van der Waals surface area contributed by atoms with E-state index in [1.807, 2.05) is 12.1 Å². The van der Waals surface area contributed by atoms with Gasteiger partial charge in [-0.3, -0.25) is 0 Å². The molecule has 0 bridgehead atoms. The van der Waals surface area contributed by atoms with E-state index in [-0.39, 0.29) is 5.56 Å². The van der Waals surface area contributed by atoms with E-state index in [0.29, 0.717) is 10.9 Å². The van der Waals surface area contributed by atoms with E-state index in [0.717, 1.165) is 31.6 Å². The molecule has 0 unspecified atom stereocenters. The molecule has 0 aliphatic carbocycles. The predicted molar refractivity (Wildman–Crippen MR) is 89.0 cm³/mol. The number of benzene rings is 2. The molecule has 4 heteroatoms. The van der Waals surface area contributed by atoms with Crippen molar-refractivity contribution >= 4 is 23.3 Å². The van der Waals surface area contributed by atoms with Gasteiger partial charge >= 0.3 is 5.97 Å². The molecule has 2 aromatic carbocycles. The topological polar surface area (TPSA) is 40.5 Å². The van der Waals surface area contributed by atoms with E-state index in [4.69, 9.17) is 11.6 Å². The first-order valence-electron chi connectivity index (χ1n) is 7.48. The van der Waals surface area contributed by atoms with Crippen molar-refractivity contribution in [1.82, 2.24) is 0 Å². The van der Waals surface area contributed by atoms with Crippen molar-refractivity contribution in [3.8, 4) is 0 Å². The van der Waals surface area contributed by atoms with Gasteiger partial charge in [0, 0.05) is 18.1 Å². The second-order valence-electron chi connectivity index (χ2n) is 5.64. The van der Waals surface area contributed by atoms with Crippen LogP contribution in [0.1, 0.15) is 34.7 Å². The molecule has 0 spiro atoms. The monoisotopic (exact) mass is 315 g/mol. The van der Waals surface area contributed by atoms with Crippen LogP contribution < -0.4 is 4.90 Å². The summed E-state index contributed by atoms with van der Waals surface area (Å²) in [6.45, 7) is 1.73. The van der Waals surface area contributed by atoms with Crippen molar-refractivity contribution in [2.45, 2.75) is 18.8 Å². The number of halogens is 1. The summed E-state index contributed by atoms with van der Waals surface area (Å²) in [4.78, 5) is 13.6. The fourth-order valence-electron chi connectivity index (χ4n) is 3.13. The highest BCUT2D eigenvalue weighted by molar-refractivity contribution is 6.31. The third-order valence-electron chi connectivity index (χ3n) is 4.30. The first-order valence-corrected chi connectivity index (χ1v) is 7.85. The van der Waals surface area contributed by atoms with Gasteiger partial charge in [-0.25, -0.2) is 4.79 Å². The van der Waals surface area contributed by atoms with Crippen LogP contribution in [0.3, 0.4) is 0 Å². The van der Waals surface area contributed by atoms with Gasteiger partial charge in [-0.1, -0.05) is 41.9 Å². The molecular weight excluding hydrogens is 298 g/mol. The van der Waals surface area contributed by atoms with Gasteiger partial charge in [-0.05, 0) is 42.5 Å². The highest BCUT2D eigenvalue weighted by atomic mass is 35.5. The average molecular weight is 316 g/mol. The number of aromatic carboxylic acids is 1. The van der Waals surface area contributed by atoms with E-state index in [1.165, 1.54) is 11.6 Å². The van der Waals surface area contributed by atoms with Crippen LogP contribution in [0.15, 0.2) is 48.5 Å². The zero-order chi connectivity index (χ0) is 15.5. The molecule has 3 nitrogen and oxygen atoms in total. The second kappa shape index (κ2) is 6.41. The summed E-state index contributed by atoms with van der Waals surface area (Å²) >= 11 is 5.92. The summed E-state index contributed by atoms with van der Waals surface area (Å²) in [5.41, 5.74) is 2.42. The van der Waals surface area contributed by atoms with E-state index >= 15 is 0 Å². The standard InChI is InChI=1S/C18H18ClNO2/c19-15-6-7-17(16(12-15)18(21)22)20-10-8-14(9-11-20)13-4-2-1-3-5-13/h1-7,12,14H,8-11H2,(H,21,22). The van der Waals surface area contributed by atoms with Gasteiger partial charge in [0.05, 0.1) is 11.3 Å². The minimum atomic E-state index is -0.928. The molecule has 1 N–H and O–H groups in total. The molecular formula is C18H18ClNO2. The van der Waals surface area contributed by atoms with Gasteiger partial charge in [0.25, 0.3) is 0 Å². The number of carbonyl (C=O) groups is 1. The summed E-state index contributed by atoms with van der Waals surface area (Å²) in [5, 5.41) is 9.82. The second-order valence-corrected chi connectivity index (χ2v) is 6.08. The number of rotatable bonds is 3. The number of hydrogen-bond acceptors (Lipinski definition) is 2. The third kappa shape index (κ3) is 3.09. The van der Waals surface area contributed by atoms with E-state index in [2.05, 4.69) is 29.2 Å². The van der Waals surface area contributed by atoms with Crippen LogP contribution in [-0.2, 0) is 0 Å². The molecule has 1 heterocycles. The number of piperidine rings is 1. The molecule has 22 heavy (non-hydrogen) atoms. The number of anilines is 1. The van der Waals surface area contributed by atoms with E-state index < -0.39 is 5.97 Å². The number of carboxylic acids is 1. The summed E-state index contributed by atoms with van der Waals surface area (Å²) in [7, 11) is 0. The Bertz CT molecular complexity index is 664. The lowest BCUT2D eigenvalue weighted by Crippen LogP contribution is -2.33. The van der Waals surface area contributed by atoms with Gasteiger partial charge in [-0.2, -0.15) is 0 Å². The fraction of sp³-hybridized carbons (Fsp3) is 0.278. The first-order chi connectivity index (χ1) is 10.6. The van der Waals surface area contributed by atoms with Crippen LogP contribution in [0.4, 0.5) is 5.69 Å². The van der Waals surface area contributed by atoms with Gasteiger partial charge in [0.1, 0.15) is 0 Å². The Kier molecular flexibility index (Phi) is 4.34. The number of hydrogen-bond donors (Lipinski definition) is 1. The predicted octanol–water partition coefficient (Wildman–Crippen LogP) is 4.42. The van der Waals surface area contributed by atoms with Crippen LogP contribution in [0.25, 0.3) is 0 Å². The molecule has 1 aliphatic heterocycles. The zero-order valence-electron chi connectivity index (χ0n) is 12.2. The Hall–Kier alpha value is -2.00. The molecule has 1 fully saturated rings. The van der Waals surface area contributed by atoms with E-state index in [1.54, 1.807) is 6.07 Å². The molecule has 1 aliphatic rings. The van der Waals surface area contributed by atoms with Crippen molar-refractivity contribution in [2.75, 3.05) is 18.0 Å². The van der Waals surface area contributed by atoms with Gasteiger partial charge < -0.3 is 10.0 Å². The van der Waals surface area contributed by atoms with Crippen LogP contribution in [0.5, 0.6) is 0 Å². The fourth-order valence-corrected chi connectivity index (χ4v) is 3.31. The summed E-state index contributed by atoms with van der Waals surface area (Å²) in [5.74, 6) is -0.374. The Balaban J connectivity index is 1.76. The molecule has 0 radical (unpaired) electrons. The van der Waals surface area contributed by atoms with Crippen LogP contribution in [0, 0.1) is 0 Å². The third-order valence-corrected chi connectivity index (χ3v) is 4.53. The normalized spacial score (nSPS) is 15.8. The minimum Gasteiger partial charge on any atom is -0.478 e. The molecule has 1 saturated heterocycles. The van der Waals surface area contributed by atoms with Crippen molar-refractivity contribution < 1.29 is 9.90 Å². The first kappa shape index (κ1) is 14.9. The van der Waals surface area contributed by atoms with Gasteiger partial charge in [0.15, 0.2) is 0 Å². The highest BCUT2D eigenvalue weighted by Crippen LogP contribution is 2.32. The maximum atomic E-state index is 11.4. The van der Waals surface area contributed by atoms with Crippen LogP contribution in [0.2, 0.25) is 5.02 Å². The minimum absolute atomic E-state index is 0.283.